The number of nitrogens with zero attached hydrogens (tertiary/aromatic N) is 1. The predicted octanol–water partition coefficient (Wildman–Crippen LogP) is 1.13. The molecule has 0 aliphatic carbocycles. The van der Waals surface area contributed by atoms with Crippen molar-refractivity contribution in [1.82, 2.24) is 4.90 Å². The van der Waals surface area contributed by atoms with E-state index in [0.717, 1.165) is 0 Å². The molecule has 1 N–H and O–H groups in total. The molecule has 4 nitrogen and oxygen atoms in total. The summed E-state index contributed by atoms with van der Waals surface area (Å²) >= 11 is 0. The molecular weight excluding hydrogens is 156 g/mol. The third-order valence-corrected chi connectivity index (χ3v) is 2.26. The molecule has 4 heteroatoms. The minimum Gasteiger partial charge on any atom is -0.444 e. The van der Waals surface area contributed by atoms with E-state index in [4.69, 9.17) is 10.1 Å². The van der Waals surface area contributed by atoms with Gasteiger partial charge in [0, 0.05) is 18.3 Å². The Hall–Kier alpha value is -1.32. The number of nitrogens with one attached hydrogen (secondary N) is 1. The fourth-order valence-electron chi connectivity index (χ4n) is 1.56. The molecule has 0 aromatic heterocycles. The summed E-state index contributed by atoms with van der Waals surface area (Å²) in [5.74, 6) is 0. The number of rotatable bonds is 0. The lowest BCUT2D eigenvalue weighted by Crippen LogP contribution is -2.36. The van der Waals surface area contributed by atoms with Gasteiger partial charge in [0.25, 0.3) is 0 Å². The number of allylic oxidation sites excluding steroid dienone is 1. The van der Waals surface area contributed by atoms with E-state index in [-0.39, 0.29) is 18.2 Å². The smallest absolute Gasteiger partial charge is 0.414 e. The highest BCUT2D eigenvalue weighted by Gasteiger charge is 2.39. The summed E-state index contributed by atoms with van der Waals surface area (Å²) in [5, 5.41) is 7.42. The first-order valence-corrected chi connectivity index (χ1v) is 3.93. The van der Waals surface area contributed by atoms with E-state index in [1.807, 2.05) is 6.92 Å². The van der Waals surface area contributed by atoms with Crippen molar-refractivity contribution in [2.75, 3.05) is 0 Å². The van der Waals surface area contributed by atoms with Crippen LogP contribution in [-0.4, -0.2) is 28.9 Å². The Labute approximate surface area is 70.3 Å². The maximum Gasteiger partial charge on any atom is 0.414 e. The zero-order chi connectivity index (χ0) is 8.72. The van der Waals surface area contributed by atoms with Gasteiger partial charge in [-0.05, 0) is 13.0 Å². The number of fused-ring (bicyclic) bond motifs is 1. The summed E-state index contributed by atoms with van der Waals surface area (Å²) in [4.78, 5) is 12.7. The standard InChI is InChI=1S/C8H10N2O2/c1-5-7-4-6(9)2-3-10(7)8(11)12-5/h2-3,5,7,9H,4H2,1H3. The van der Waals surface area contributed by atoms with E-state index in [0.29, 0.717) is 12.1 Å². The van der Waals surface area contributed by atoms with E-state index in [2.05, 4.69) is 0 Å². The number of cyclic esters (lactones) is 1. The van der Waals surface area contributed by atoms with Crippen LogP contribution in [0.3, 0.4) is 0 Å². The van der Waals surface area contributed by atoms with Gasteiger partial charge in [0.05, 0.1) is 6.04 Å². The van der Waals surface area contributed by atoms with Crippen LogP contribution in [0.4, 0.5) is 4.79 Å². The Balaban J connectivity index is 2.28. The van der Waals surface area contributed by atoms with Gasteiger partial charge in [-0.3, -0.25) is 4.90 Å². The molecule has 1 fully saturated rings. The molecule has 2 atom stereocenters. The van der Waals surface area contributed by atoms with Crippen LogP contribution in [0.15, 0.2) is 12.3 Å². The van der Waals surface area contributed by atoms with E-state index < -0.39 is 0 Å². The molecule has 0 spiro atoms. The molecule has 2 heterocycles. The molecule has 2 aliphatic rings. The lowest BCUT2D eigenvalue weighted by Gasteiger charge is -2.22. The molecule has 12 heavy (non-hydrogen) atoms. The van der Waals surface area contributed by atoms with E-state index >= 15 is 0 Å². The summed E-state index contributed by atoms with van der Waals surface area (Å²) in [6.07, 6.45) is 3.47. The summed E-state index contributed by atoms with van der Waals surface area (Å²) in [7, 11) is 0. The topological polar surface area (TPSA) is 53.4 Å². The second-order valence-corrected chi connectivity index (χ2v) is 3.11. The van der Waals surface area contributed by atoms with Crippen LogP contribution in [0.1, 0.15) is 13.3 Å². The Morgan fingerprint density at radius 1 is 1.75 bits per heavy atom. The van der Waals surface area contributed by atoms with Crippen molar-refractivity contribution >= 4 is 11.8 Å². The molecule has 0 bridgehead atoms. The minimum absolute atomic E-state index is 0.0370. The average Bonchev–Trinajstić information content (AvgIpc) is 2.28. The second-order valence-electron chi connectivity index (χ2n) is 3.11. The highest BCUT2D eigenvalue weighted by Crippen LogP contribution is 2.25. The van der Waals surface area contributed by atoms with Gasteiger partial charge in [0.15, 0.2) is 0 Å². The molecule has 1 amide bonds. The lowest BCUT2D eigenvalue weighted by molar-refractivity contribution is 0.139. The lowest BCUT2D eigenvalue weighted by atomic mass is 10.0. The minimum atomic E-state index is -0.295. The summed E-state index contributed by atoms with van der Waals surface area (Å²) < 4.78 is 5.00. The first-order chi connectivity index (χ1) is 5.68. The first-order valence-electron chi connectivity index (χ1n) is 3.93. The quantitative estimate of drug-likeness (QED) is 0.586. The zero-order valence-corrected chi connectivity index (χ0v) is 6.78. The molecule has 1 saturated heterocycles. The van der Waals surface area contributed by atoms with Gasteiger partial charge in [-0.1, -0.05) is 0 Å². The zero-order valence-electron chi connectivity index (χ0n) is 6.78. The van der Waals surface area contributed by atoms with Gasteiger partial charge in [0.1, 0.15) is 6.10 Å². The molecule has 0 aromatic carbocycles. The number of ether oxygens (including phenoxy) is 1. The van der Waals surface area contributed by atoms with Crippen molar-refractivity contribution in [2.24, 2.45) is 0 Å². The van der Waals surface area contributed by atoms with Crippen LogP contribution in [0, 0.1) is 5.41 Å². The first kappa shape index (κ1) is 7.34. The van der Waals surface area contributed by atoms with Gasteiger partial charge in [0.2, 0.25) is 0 Å². The van der Waals surface area contributed by atoms with Gasteiger partial charge < -0.3 is 10.1 Å². The van der Waals surface area contributed by atoms with Crippen molar-refractivity contribution in [3.8, 4) is 0 Å². The number of carbonyl (C=O) groups is 1. The third-order valence-electron chi connectivity index (χ3n) is 2.26. The fraction of sp³-hybridized carbons (Fsp3) is 0.500. The highest BCUT2D eigenvalue weighted by atomic mass is 16.6. The third kappa shape index (κ3) is 0.913. The monoisotopic (exact) mass is 166 g/mol. The average molecular weight is 166 g/mol. The Morgan fingerprint density at radius 3 is 3.25 bits per heavy atom. The van der Waals surface area contributed by atoms with E-state index in [1.165, 1.54) is 0 Å². The maximum absolute atomic E-state index is 11.1. The van der Waals surface area contributed by atoms with Crippen molar-refractivity contribution in [1.29, 1.82) is 5.41 Å². The van der Waals surface area contributed by atoms with Gasteiger partial charge >= 0.3 is 6.09 Å². The number of amides is 1. The maximum atomic E-state index is 11.1. The fourth-order valence-corrected chi connectivity index (χ4v) is 1.56. The summed E-state index contributed by atoms with van der Waals surface area (Å²) in [5.41, 5.74) is 0.557. The van der Waals surface area contributed by atoms with Gasteiger partial charge in [-0.25, -0.2) is 4.79 Å². The van der Waals surface area contributed by atoms with Crippen molar-refractivity contribution in [3.05, 3.63) is 12.3 Å². The van der Waals surface area contributed by atoms with Crippen LogP contribution in [0.25, 0.3) is 0 Å². The Morgan fingerprint density at radius 2 is 2.50 bits per heavy atom. The Kier molecular flexibility index (Phi) is 1.43. The molecule has 2 aliphatic heterocycles. The molecule has 2 rings (SSSR count). The van der Waals surface area contributed by atoms with Crippen molar-refractivity contribution < 1.29 is 9.53 Å². The number of hydrogen-bond donors (Lipinski definition) is 1. The molecular formula is C8H10N2O2. The predicted molar refractivity (Wildman–Crippen MR) is 43.1 cm³/mol. The van der Waals surface area contributed by atoms with E-state index in [9.17, 15) is 4.79 Å². The summed E-state index contributed by atoms with van der Waals surface area (Å²) in [6, 6.07) is 0.0370. The van der Waals surface area contributed by atoms with Gasteiger partial charge in [-0.2, -0.15) is 0 Å². The molecule has 0 saturated carbocycles. The molecule has 0 aromatic rings. The number of hydrogen-bond acceptors (Lipinski definition) is 3. The molecule has 64 valence electrons. The highest BCUT2D eigenvalue weighted by molar-refractivity contribution is 5.95. The SMILES string of the molecule is CC1OC(=O)N2C=CC(=N)CC12. The van der Waals surface area contributed by atoms with Crippen LogP contribution in [0.2, 0.25) is 0 Å². The van der Waals surface area contributed by atoms with Crippen LogP contribution in [-0.2, 0) is 4.74 Å². The van der Waals surface area contributed by atoms with Crippen LogP contribution in [0.5, 0.6) is 0 Å². The second kappa shape index (κ2) is 2.33. The molecule has 2 unspecified atom stereocenters. The normalized spacial score (nSPS) is 33.6. The van der Waals surface area contributed by atoms with Crippen LogP contribution < -0.4 is 0 Å². The van der Waals surface area contributed by atoms with Crippen molar-refractivity contribution in [3.63, 3.8) is 0 Å². The van der Waals surface area contributed by atoms with Gasteiger partial charge in [-0.15, -0.1) is 0 Å². The number of carbonyl (C=O) groups excluding carboxylic acids is 1. The van der Waals surface area contributed by atoms with Crippen LogP contribution >= 0.6 is 0 Å². The summed E-state index contributed by atoms with van der Waals surface area (Å²) in [6.45, 7) is 1.86. The molecule has 0 radical (unpaired) electrons. The van der Waals surface area contributed by atoms with E-state index in [1.54, 1.807) is 17.2 Å². The largest absolute Gasteiger partial charge is 0.444 e. The Bertz CT molecular complexity index is 272. The van der Waals surface area contributed by atoms with Crippen molar-refractivity contribution in [2.45, 2.75) is 25.5 Å².